The van der Waals surface area contributed by atoms with Gasteiger partial charge in [-0.3, -0.25) is 9.36 Å². The zero-order valence-corrected chi connectivity index (χ0v) is 11.6. The summed E-state index contributed by atoms with van der Waals surface area (Å²) in [6.07, 6.45) is 0.596. The van der Waals surface area contributed by atoms with Gasteiger partial charge in [-0.1, -0.05) is 25.6 Å². The van der Waals surface area contributed by atoms with Crippen LogP contribution >= 0.6 is 11.8 Å². The van der Waals surface area contributed by atoms with Crippen molar-refractivity contribution in [3.8, 4) is 0 Å². The molecule has 0 radical (unpaired) electrons. The number of primary amides is 1. The second-order valence-corrected chi connectivity index (χ2v) is 5.35. The molecule has 1 atom stereocenters. The van der Waals surface area contributed by atoms with Crippen molar-refractivity contribution in [1.29, 1.82) is 0 Å². The van der Waals surface area contributed by atoms with Gasteiger partial charge in [0.2, 0.25) is 5.91 Å². The zero-order valence-electron chi connectivity index (χ0n) is 10.8. The van der Waals surface area contributed by atoms with E-state index in [1.807, 2.05) is 13.8 Å². The number of nitrogens with one attached hydrogen (secondary N) is 2. The van der Waals surface area contributed by atoms with E-state index in [-0.39, 0.29) is 23.7 Å². The van der Waals surface area contributed by atoms with Crippen molar-refractivity contribution in [2.45, 2.75) is 37.5 Å². The molecule has 0 bridgehead atoms. The fourth-order valence-electron chi connectivity index (χ4n) is 1.44. The van der Waals surface area contributed by atoms with Crippen molar-refractivity contribution in [1.82, 2.24) is 20.1 Å². The lowest BCUT2D eigenvalue weighted by molar-refractivity contribution is -0.120. The van der Waals surface area contributed by atoms with Crippen LogP contribution in [0.15, 0.2) is 9.95 Å². The van der Waals surface area contributed by atoms with Gasteiger partial charge in [0, 0.05) is 18.8 Å². The van der Waals surface area contributed by atoms with E-state index >= 15 is 0 Å². The maximum absolute atomic E-state index is 11.2. The lowest BCUT2D eigenvalue weighted by atomic mass is 10.2. The molecule has 1 unspecified atom stereocenters. The number of rotatable bonds is 7. The van der Waals surface area contributed by atoms with Crippen LogP contribution in [0.2, 0.25) is 0 Å². The number of aromatic nitrogens is 3. The van der Waals surface area contributed by atoms with Crippen LogP contribution in [0.5, 0.6) is 0 Å². The van der Waals surface area contributed by atoms with Crippen molar-refractivity contribution in [2.24, 2.45) is 12.8 Å². The normalized spacial score (nSPS) is 12.9. The lowest BCUT2D eigenvalue weighted by Gasteiger charge is -2.17. The molecule has 0 aliphatic carbocycles. The van der Waals surface area contributed by atoms with Crippen molar-refractivity contribution in [2.75, 3.05) is 5.75 Å². The molecule has 18 heavy (non-hydrogen) atoms. The molecule has 1 rings (SSSR count). The number of carbonyl (C=O) groups is 1. The van der Waals surface area contributed by atoms with Gasteiger partial charge in [0.15, 0.2) is 5.16 Å². The number of amides is 1. The summed E-state index contributed by atoms with van der Waals surface area (Å²) in [6, 6.07) is -0.157. The Morgan fingerprint density at radius 1 is 1.61 bits per heavy atom. The molecule has 8 heteroatoms. The van der Waals surface area contributed by atoms with Crippen LogP contribution in [0.3, 0.4) is 0 Å². The molecule has 0 saturated carbocycles. The summed E-state index contributed by atoms with van der Waals surface area (Å²) < 4.78 is 1.43. The monoisotopic (exact) mass is 273 g/mol. The molecule has 1 aromatic heterocycles. The van der Waals surface area contributed by atoms with Gasteiger partial charge < -0.3 is 11.1 Å². The largest absolute Gasteiger partial charge is 0.368 e. The van der Waals surface area contributed by atoms with E-state index in [9.17, 15) is 9.59 Å². The number of nitrogens with zero attached hydrogens (tertiary/aromatic N) is 2. The van der Waals surface area contributed by atoms with E-state index in [1.165, 1.54) is 16.3 Å². The molecule has 1 heterocycles. The maximum atomic E-state index is 11.2. The first-order valence-electron chi connectivity index (χ1n) is 5.71. The van der Waals surface area contributed by atoms with Gasteiger partial charge in [0.1, 0.15) is 0 Å². The minimum atomic E-state index is -0.361. The van der Waals surface area contributed by atoms with Gasteiger partial charge in [0.25, 0.3) is 0 Å². The first-order chi connectivity index (χ1) is 8.41. The Labute approximate surface area is 110 Å². The van der Waals surface area contributed by atoms with Gasteiger partial charge in [-0.15, -0.1) is 5.10 Å². The van der Waals surface area contributed by atoms with Crippen LogP contribution in [0.25, 0.3) is 0 Å². The molecule has 0 fully saturated rings. The van der Waals surface area contributed by atoms with Crippen molar-refractivity contribution < 1.29 is 4.79 Å². The maximum Gasteiger partial charge on any atom is 0.343 e. The van der Waals surface area contributed by atoms with Crippen LogP contribution in [0.1, 0.15) is 20.3 Å². The summed E-state index contributed by atoms with van der Waals surface area (Å²) in [5.41, 5.74) is 5.06. The lowest BCUT2D eigenvalue weighted by Crippen LogP contribution is -2.44. The fraction of sp³-hybridized carbons (Fsp3) is 0.700. The summed E-state index contributed by atoms with van der Waals surface area (Å²) in [4.78, 5) is 22.4. The Hall–Kier alpha value is -1.28. The third kappa shape index (κ3) is 4.19. The number of nitrogens with two attached hydrogens (primary N) is 1. The molecule has 0 aliphatic heterocycles. The van der Waals surface area contributed by atoms with E-state index in [0.717, 1.165) is 0 Å². The standard InChI is InChI=1S/C10H19N5O2S/c1-6(2)12-7(8(11)16)4-5-18-10-14-13-9(17)15(10)3/h6-7,12H,4-5H2,1-3H3,(H2,11,16)(H,13,17). The Morgan fingerprint density at radius 3 is 2.72 bits per heavy atom. The molecule has 1 amide bonds. The van der Waals surface area contributed by atoms with E-state index in [1.54, 1.807) is 7.05 Å². The number of thioether (sulfide) groups is 1. The summed E-state index contributed by atoms with van der Waals surface area (Å²) in [5, 5.41) is 9.93. The summed E-state index contributed by atoms with van der Waals surface area (Å²) in [7, 11) is 1.64. The van der Waals surface area contributed by atoms with Crippen LogP contribution in [0.4, 0.5) is 0 Å². The van der Waals surface area contributed by atoms with Gasteiger partial charge in [0.05, 0.1) is 6.04 Å². The number of hydrogen-bond acceptors (Lipinski definition) is 5. The van der Waals surface area contributed by atoms with Crippen LogP contribution in [-0.4, -0.2) is 38.5 Å². The summed E-state index contributed by atoms with van der Waals surface area (Å²) >= 11 is 1.41. The van der Waals surface area contributed by atoms with Crippen LogP contribution in [0, 0.1) is 0 Å². The Morgan fingerprint density at radius 2 is 2.28 bits per heavy atom. The predicted molar refractivity (Wildman–Crippen MR) is 70.4 cm³/mol. The number of carbonyl (C=O) groups excluding carboxylic acids is 1. The van der Waals surface area contributed by atoms with Gasteiger partial charge >= 0.3 is 5.69 Å². The fourth-order valence-corrected chi connectivity index (χ4v) is 2.36. The van der Waals surface area contributed by atoms with Crippen LogP contribution < -0.4 is 16.7 Å². The number of H-pyrrole nitrogens is 1. The highest BCUT2D eigenvalue weighted by atomic mass is 32.2. The molecule has 0 saturated heterocycles. The van der Waals surface area contributed by atoms with E-state index < -0.39 is 0 Å². The quantitative estimate of drug-likeness (QED) is 0.578. The molecular weight excluding hydrogens is 254 g/mol. The molecule has 7 nitrogen and oxygen atoms in total. The van der Waals surface area contributed by atoms with Crippen LogP contribution in [-0.2, 0) is 11.8 Å². The molecular formula is C10H19N5O2S. The third-order valence-electron chi connectivity index (χ3n) is 2.35. The highest BCUT2D eigenvalue weighted by Crippen LogP contribution is 2.14. The smallest absolute Gasteiger partial charge is 0.343 e. The third-order valence-corrected chi connectivity index (χ3v) is 3.42. The molecule has 0 aliphatic rings. The van der Waals surface area contributed by atoms with E-state index in [0.29, 0.717) is 17.3 Å². The second-order valence-electron chi connectivity index (χ2n) is 4.28. The first-order valence-corrected chi connectivity index (χ1v) is 6.70. The average Bonchev–Trinajstić information content (AvgIpc) is 2.58. The Kier molecular flexibility index (Phi) is 5.42. The minimum Gasteiger partial charge on any atom is -0.368 e. The van der Waals surface area contributed by atoms with Gasteiger partial charge in [-0.2, -0.15) is 0 Å². The van der Waals surface area contributed by atoms with Crippen molar-refractivity contribution in [3.63, 3.8) is 0 Å². The predicted octanol–water partition coefficient (Wildman–Crippen LogP) is -0.557. The van der Waals surface area contributed by atoms with E-state index in [2.05, 4.69) is 15.5 Å². The minimum absolute atomic E-state index is 0.197. The van der Waals surface area contributed by atoms with Crippen molar-refractivity contribution >= 4 is 17.7 Å². The average molecular weight is 273 g/mol. The SMILES string of the molecule is CC(C)NC(CCSc1n[nH]c(=O)n1C)C(N)=O. The first kappa shape index (κ1) is 14.8. The highest BCUT2D eigenvalue weighted by molar-refractivity contribution is 7.99. The van der Waals surface area contributed by atoms with E-state index in [4.69, 9.17) is 5.73 Å². The molecule has 0 aromatic carbocycles. The van der Waals surface area contributed by atoms with Gasteiger partial charge in [-0.05, 0) is 6.42 Å². The number of hydrogen-bond donors (Lipinski definition) is 3. The highest BCUT2D eigenvalue weighted by Gasteiger charge is 2.16. The summed E-state index contributed by atoms with van der Waals surface area (Å²) in [6.45, 7) is 3.92. The molecule has 4 N–H and O–H groups in total. The Balaban J connectivity index is 2.46. The summed E-state index contributed by atoms with van der Waals surface area (Å²) in [5.74, 6) is 0.297. The van der Waals surface area contributed by atoms with Crippen molar-refractivity contribution in [3.05, 3.63) is 10.5 Å². The van der Waals surface area contributed by atoms with Gasteiger partial charge in [-0.25, -0.2) is 9.89 Å². The Bertz CT molecular complexity index is 453. The molecule has 1 aromatic rings. The molecule has 0 spiro atoms. The topological polar surface area (TPSA) is 106 Å². The zero-order chi connectivity index (χ0) is 13.7. The second kappa shape index (κ2) is 6.60. The number of aromatic amines is 1. The molecule has 102 valence electrons.